The van der Waals surface area contributed by atoms with Gasteiger partial charge in [-0.25, -0.2) is 4.98 Å². The van der Waals surface area contributed by atoms with Crippen molar-refractivity contribution in [2.45, 2.75) is 26.8 Å². The van der Waals surface area contributed by atoms with Crippen LogP contribution in [0.25, 0.3) is 10.9 Å². The first kappa shape index (κ1) is 11.9. The van der Waals surface area contributed by atoms with Gasteiger partial charge >= 0.3 is 0 Å². The predicted octanol–water partition coefficient (Wildman–Crippen LogP) is 3.63. The van der Waals surface area contributed by atoms with Crippen LogP contribution in [0.4, 0.5) is 0 Å². The molecule has 3 nitrogen and oxygen atoms in total. The number of aromatic nitrogens is 2. The topological polar surface area (TPSA) is 41.6 Å². The summed E-state index contributed by atoms with van der Waals surface area (Å²) in [6.45, 7) is 4.71. The number of hydrogen-bond acceptors (Lipinski definition) is 2. The van der Waals surface area contributed by atoms with Crippen LogP contribution in [0, 0.1) is 16.7 Å². The summed E-state index contributed by atoms with van der Waals surface area (Å²) >= 11 is 6.01. The van der Waals surface area contributed by atoms with Crippen molar-refractivity contribution in [1.82, 2.24) is 9.55 Å². The van der Waals surface area contributed by atoms with Gasteiger partial charge in [-0.15, -0.1) is 0 Å². The number of halogens is 1. The zero-order chi connectivity index (χ0) is 12.5. The molecular weight excluding hydrogens is 234 g/mol. The lowest BCUT2D eigenvalue weighted by atomic mass is 9.91. The summed E-state index contributed by atoms with van der Waals surface area (Å²) < 4.78 is 2.11. The fourth-order valence-electron chi connectivity index (χ4n) is 1.74. The van der Waals surface area contributed by atoms with E-state index < -0.39 is 0 Å². The third kappa shape index (κ3) is 2.42. The highest BCUT2D eigenvalue weighted by atomic mass is 35.5. The molecule has 0 aromatic carbocycles. The second kappa shape index (κ2) is 4.38. The van der Waals surface area contributed by atoms with Crippen molar-refractivity contribution in [3.63, 3.8) is 0 Å². The standard InChI is InChI=1S/C13H14ClN3/c1-13(2,9-15)5-8-17-7-4-10-11(17)3-6-16-12(10)14/h3-4,6-7H,5,8H2,1-2H3. The fraction of sp³-hybridized carbons (Fsp3) is 0.385. The van der Waals surface area contributed by atoms with Crippen LogP contribution < -0.4 is 0 Å². The molecule has 0 bridgehead atoms. The summed E-state index contributed by atoms with van der Waals surface area (Å²) in [5, 5.41) is 10.5. The lowest BCUT2D eigenvalue weighted by molar-refractivity contribution is 0.417. The summed E-state index contributed by atoms with van der Waals surface area (Å²) in [5.74, 6) is 0. The SMILES string of the molecule is CC(C)(C#N)CCn1ccc2c(Cl)nccc21. The van der Waals surface area contributed by atoms with E-state index in [9.17, 15) is 0 Å². The number of pyridine rings is 1. The van der Waals surface area contributed by atoms with Gasteiger partial charge in [-0.1, -0.05) is 11.6 Å². The largest absolute Gasteiger partial charge is 0.347 e. The van der Waals surface area contributed by atoms with Crippen molar-refractivity contribution < 1.29 is 0 Å². The van der Waals surface area contributed by atoms with E-state index in [0.717, 1.165) is 23.9 Å². The second-order valence-corrected chi connectivity index (χ2v) is 5.15. The highest BCUT2D eigenvalue weighted by Crippen LogP contribution is 2.25. The molecular formula is C13H14ClN3. The van der Waals surface area contributed by atoms with Crippen LogP contribution in [0.5, 0.6) is 0 Å². The molecule has 2 aromatic heterocycles. The summed E-state index contributed by atoms with van der Waals surface area (Å²) in [6, 6.07) is 6.22. The van der Waals surface area contributed by atoms with E-state index >= 15 is 0 Å². The molecule has 0 N–H and O–H groups in total. The number of hydrogen-bond donors (Lipinski definition) is 0. The Morgan fingerprint density at radius 3 is 2.94 bits per heavy atom. The van der Waals surface area contributed by atoms with Gasteiger partial charge in [0, 0.05) is 24.3 Å². The Balaban J connectivity index is 2.27. The minimum absolute atomic E-state index is 0.298. The van der Waals surface area contributed by atoms with E-state index in [-0.39, 0.29) is 5.41 Å². The quantitative estimate of drug-likeness (QED) is 0.778. The van der Waals surface area contributed by atoms with Gasteiger partial charge in [0.1, 0.15) is 5.15 Å². The van der Waals surface area contributed by atoms with Gasteiger partial charge in [0.25, 0.3) is 0 Å². The monoisotopic (exact) mass is 247 g/mol. The van der Waals surface area contributed by atoms with E-state index in [1.807, 2.05) is 32.2 Å². The number of fused-ring (bicyclic) bond motifs is 1. The normalized spacial score (nSPS) is 11.6. The zero-order valence-electron chi connectivity index (χ0n) is 9.94. The Kier molecular flexibility index (Phi) is 3.08. The van der Waals surface area contributed by atoms with Crippen molar-refractivity contribution in [3.05, 3.63) is 29.7 Å². The Morgan fingerprint density at radius 2 is 2.24 bits per heavy atom. The molecule has 17 heavy (non-hydrogen) atoms. The second-order valence-electron chi connectivity index (χ2n) is 4.79. The molecule has 0 unspecified atom stereocenters. The van der Waals surface area contributed by atoms with Crippen LogP contribution in [-0.4, -0.2) is 9.55 Å². The molecule has 0 saturated heterocycles. The molecule has 0 aliphatic heterocycles. The molecule has 2 rings (SSSR count). The van der Waals surface area contributed by atoms with Crippen LogP contribution >= 0.6 is 11.6 Å². The Hall–Kier alpha value is -1.53. The third-order valence-electron chi connectivity index (χ3n) is 2.93. The van der Waals surface area contributed by atoms with Crippen LogP contribution in [0.2, 0.25) is 5.15 Å². The highest BCUT2D eigenvalue weighted by molar-refractivity contribution is 6.34. The molecule has 0 saturated carbocycles. The minimum atomic E-state index is -0.298. The number of rotatable bonds is 3. The van der Waals surface area contributed by atoms with Gasteiger partial charge in [-0.3, -0.25) is 0 Å². The minimum Gasteiger partial charge on any atom is -0.347 e. The molecule has 2 aromatic rings. The highest BCUT2D eigenvalue weighted by Gasteiger charge is 2.16. The molecule has 88 valence electrons. The number of aryl methyl sites for hydroxylation is 1. The Labute approximate surface area is 106 Å². The number of nitriles is 1. The van der Waals surface area contributed by atoms with E-state index in [4.69, 9.17) is 16.9 Å². The first-order chi connectivity index (χ1) is 8.03. The molecule has 0 amide bonds. The Morgan fingerprint density at radius 1 is 1.47 bits per heavy atom. The van der Waals surface area contributed by atoms with Crippen molar-refractivity contribution >= 4 is 22.5 Å². The predicted molar refractivity (Wildman–Crippen MR) is 68.8 cm³/mol. The maximum absolute atomic E-state index is 8.99. The van der Waals surface area contributed by atoms with Gasteiger partial charge in [0.15, 0.2) is 0 Å². The van der Waals surface area contributed by atoms with Crippen molar-refractivity contribution in [2.75, 3.05) is 0 Å². The molecule has 2 heterocycles. The summed E-state index contributed by atoms with van der Waals surface area (Å²) in [6.07, 6.45) is 4.51. The molecule has 0 fully saturated rings. The summed E-state index contributed by atoms with van der Waals surface area (Å²) in [5.41, 5.74) is 0.770. The van der Waals surface area contributed by atoms with Crippen LogP contribution in [0.1, 0.15) is 20.3 Å². The van der Waals surface area contributed by atoms with Gasteiger partial charge in [0.05, 0.1) is 17.0 Å². The molecule has 4 heteroatoms. The average molecular weight is 248 g/mol. The summed E-state index contributed by atoms with van der Waals surface area (Å²) in [4.78, 5) is 4.05. The molecule has 0 spiro atoms. The van der Waals surface area contributed by atoms with Crippen molar-refractivity contribution in [1.29, 1.82) is 5.26 Å². The van der Waals surface area contributed by atoms with Crippen LogP contribution in [0.15, 0.2) is 24.5 Å². The Bertz CT molecular complexity index is 578. The fourth-order valence-corrected chi connectivity index (χ4v) is 1.95. The first-order valence-corrected chi connectivity index (χ1v) is 5.92. The maximum atomic E-state index is 8.99. The smallest absolute Gasteiger partial charge is 0.138 e. The lowest BCUT2D eigenvalue weighted by Crippen LogP contribution is -2.11. The van der Waals surface area contributed by atoms with Crippen molar-refractivity contribution in [2.24, 2.45) is 5.41 Å². The van der Waals surface area contributed by atoms with Gasteiger partial charge < -0.3 is 4.57 Å². The molecule has 0 radical (unpaired) electrons. The van der Waals surface area contributed by atoms with Gasteiger partial charge in [-0.2, -0.15) is 5.26 Å². The van der Waals surface area contributed by atoms with E-state index in [1.165, 1.54) is 0 Å². The lowest BCUT2D eigenvalue weighted by Gasteiger charge is -2.15. The molecule has 0 aliphatic carbocycles. The van der Waals surface area contributed by atoms with E-state index in [2.05, 4.69) is 15.6 Å². The maximum Gasteiger partial charge on any atom is 0.138 e. The van der Waals surface area contributed by atoms with Crippen molar-refractivity contribution in [3.8, 4) is 6.07 Å². The van der Waals surface area contributed by atoms with E-state index in [0.29, 0.717) is 5.15 Å². The number of nitrogens with zero attached hydrogens (tertiary/aromatic N) is 3. The molecule has 0 atom stereocenters. The van der Waals surface area contributed by atoms with Crippen LogP contribution in [0.3, 0.4) is 0 Å². The van der Waals surface area contributed by atoms with Crippen LogP contribution in [-0.2, 0) is 6.54 Å². The summed E-state index contributed by atoms with van der Waals surface area (Å²) in [7, 11) is 0. The van der Waals surface area contributed by atoms with E-state index in [1.54, 1.807) is 6.20 Å². The average Bonchev–Trinajstić information content (AvgIpc) is 2.71. The first-order valence-electron chi connectivity index (χ1n) is 5.54. The zero-order valence-corrected chi connectivity index (χ0v) is 10.7. The molecule has 0 aliphatic rings. The third-order valence-corrected chi connectivity index (χ3v) is 3.23. The van der Waals surface area contributed by atoms with Gasteiger partial charge in [0.2, 0.25) is 0 Å². The van der Waals surface area contributed by atoms with Gasteiger partial charge in [-0.05, 0) is 32.4 Å².